The van der Waals surface area contributed by atoms with Crippen LogP contribution in [0.1, 0.15) is 0 Å². The third-order valence-electron chi connectivity index (χ3n) is 0.934. The lowest BCUT2D eigenvalue weighted by molar-refractivity contribution is 0.354. The van der Waals surface area contributed by atoms with Crippen LogP contribution in [0.3, 0.4) is 0 Å². The second-order valence-electron chi connectivity index (χ2n) is 1.77. The molecule has 0 aliphatic rings. The Balaban J connectivity index is 2.65. The van der Waals surface area contributed by atoms with Gasteiger partial charge in [-0.05, 0) is 0 Å². The maximum absolute atomic E-state index is 5.33. The number of rotatable bonds is 2. The van der Waals surface area contributed by atoms with Gasteiger partial charge in [0, 0.05) is 0 Å². The normalized spacial score (nSPS) is 8.64. The number of nitrogens with zero attached hydrogens (tertiary/aromatic N) is 2. The van der Waals surface area contributed by atoms with Crippen molar-refractivity contribution in [2.24, 2.45) is 0 Å². The smallest absolute Gasteiger partial charge is 0.235 e. The van der Waals surface area contributed by atoms with Crippen molar-refractivity contribution in [2.45, 2.75) is 0 Å². The number of hydrogen-bond acceptors (Lipinski definition) is 4. The Kier molecular flexibility index (Phi) is 2.28. The van der Waals surface area contributed by atoms with Crippen LogP contribution < -0.4 is 10.5 Å². The largest absolute Gasteiger partial charge is 0.463 e. The highest BCUT2D eigenvalue weighted by Crippen LogP contribution is 2.04. The van der Waals surface area contributed by atoms with Crippen molar-refractivity contribution >= 4 is 5.82 Å². The van der Waals surface area contributed by atoms with Crippen molar-refractivity contribution < 1.29 is 4.74 Å². The number of anilines is 1. The first-order valence-electron chi connectivity index (χ1n) is 2.96. The molecule has 0 saturated heterocycles. The molecule has 0 aliphatic carbocycles. The lowest BCUT2D eigenvalue weighted by atomic mass is 10.6. The molecule has 2 N–H and O–H groups in total. The Morgan fingerprint density at radius 3 is 3.09 bits per heavy atom. The van der Waals surface area contributed by atoms with E-state index >= 15 is 0 Å². The Morgan fingerprint density at radius 1 is 1.64 bits per heavy atom. The van der Waals surface area contributed by atoms with E-state index in [0.29, 0.717) is 11.7 Å². The van der Waals surface area contributed by atoms with Crippen LogP contribution in [0.2, 0.25) is 0 Å². The fourth-order valence-corrected chi connectivity index (χ4v) is 0.548. The van der Waals surface area contributed by atoms with Gasteiger partial charge in [-0.3, -0.25) is 4.98 Å². The molecule has 0 fully saturated rings. The van der Waals surface area contributed by atoms with E-state index in [9.17, 15) is 0 Å². The summed E-state index contributed by atoms with van der Waals surface area (Å²) in [6.07, 6.45) is 7.85. The molecule has 4 heteroatoms. The molecule has 56 valence electrons. The molecule has 0 spiro atoms. The Hall–Kier alpha value is -1.76. The Morgan fingerprint density at radius 2 is 2.45 bits per heavy atom. The van der Waals surface area contributed by atoms with Crippen LogP contribution in [-0.2, 0) is 0 Å². The third kappa shape index (κ3) is 2.14. The van der Waals surface area contributed by atoms with Crippen molar-refractivity contribution in [3.8, 4) is 18.2 Å². The minimum Gasteiger partial charge on any atom is -0.463 e. The summed E-state index contributed by atoms with van der Waals surface area (Å²) < 4.78 is 4.95. The van der Waals surface area contributed by atoms with Crippen molar-refractivity contribution in [1.82, 2.24) is 9.97 Å². The summed E-state index contributed by atoms with van der Waals surface area (Å²) in [5.74, 6) is 2.97. The molecule has 0 unspecified atom stereocenters. The van der Waals surface area contributed by atoms with E-state index in [-0.39, 0.29) is 6.61 Å². The molecular formula is C7H7N3O. The van der Waals surface area contributed by atoms with Crippen LogP contribution in [0.25, 0.3) is 0 Å². The SMILES string of the molecule is C#CCOc1cncc(N)n1. The number of terminal acetylenes is 1. The predicted molar refractivity (Wildman–Crippen MR) is 40.8 cm³/mol. The monoisotopic (exact) mass is 149 g/mol. The summed E-state index contributed by atoms with van der Waals surface area (Å²) >= 11 is 0. The maximum Gasteiger partial charge on any atom is 0.235 e. The number of aromatic nitrogens is 2. The molecular weight excluding hydrogens is 142 g/mol. The molecule has 0 aromatic carbocycles. The fraction of sp³-hybridized carbons (Fsp3) is 0.143. The molecule has 1 aromatic heterocycles. The number of nitrogens with two attached hydrogens (primary N) is 1. The minimum atomic E-state index is 0.179. The van der Waals surface area contributed by atoms with Crippen molar-refractivity contribution in [3.05, 3.63) is 12.4 Å². The lowest BCUT2D eigenvalue weighted by Crippen LogP contribution is -1.99. The van der Waals surface area contributed by atoms with Gasteiger partial charge in [0.2, 0.25) is 5.88 Å². The van der Waals surface area contributed by atoms with Crippen LogP contribution in [0.15, 0.2) is 12.4 Å². The van der Waals surface area contributed by atoms with Gasteiger partial charge in [0.25, 0.3) is 0 Å². The first-order valence-corrected chi connectivity index (χ1v) is 2.96. The van der Waals surface area contributed by atoms with Crippen LogP contribution in [0.5, 0.6) is 5.88 Å². The van der Waals surface area contributed by atoms with Gasteiger partial charge in [0.15, 0.2) is 6.61 Å². The zero-order chi connectivity index (χ0) is 8.10. The van der Waals surface area contributed by atoms with Gasteiger partial charge in [0.1, 0.15) is 5.82 Å². The first-order chi connectivity index (χ1) is 5.33. The number of hydrogen-bond donors (Lipinski definition) is 1. The predicted octanol–water partition coefficient (Wildman–Crippen LogP) is 0.0708. The summed E-state index contributed by atoms with van der Waals surface area (Å²) in [4.78, 5) is 7.56. The Bertz CT molecular complexity index is 279. The quantitative estimate of drug-likeness (QED) is 0.604. The average molecular weight is 149 g/mol. The molecule has 0 saturated carbocycles. The summed E-state index contributed by atoms with van der Waals surface area (Å²) in [6.45, 7) is 0.179. The van der Waals surface area contributed by atoms with E-state index in [1.807, 2.05) is 0 Å². The van der Waals surface area contributed by atoms with Crippen molar-refractivity contribution in [1.29, 1.82) is 0 Å². The molecule has 1 rings (SSSR count). The molecule has 0 radical (unpaired) electrons. The highest BCUT2D eigenvalue weighted by atomic mass is 16.5. The van der Waals surface area contributed by atoms with Crippen molar-refractivity contribution in [3.63, 3.8) is 0 Å². The lowest BCUT2D eigenvalue weighted by Gasteiger charge is -1.99. The van der Waals surface area contributed by atoms with Crippen molar-refractivity contribution in [2.75, 3.05) is 12.3 Å². The van der Waals surface area contributed by atoms with E-state index < -0.39 is 0 Å². The molecule has 1 aromatic rings. The first kappa shape index (κ1) is 7.35. The second-order valence-corrected chi connectivity index (χ2v) is 1.77. The molecule has 0 bridgehead atoms. The van der Waals surface area contributed by atoms with Gasteiger partial charge in [-0.15, -0.1) is 6.42 Å². The second kappa shape index (κ2) is 3.42. The molecule has 11 heavy (non-hydrogen) atoms. The van der Waals surface area contributed by atoms with E-state index in [4.69, 9.17) is 16.9 Å². The minimum absolute atomic E-state index is 0.179. The van der Waals surface area contributed by atoms with Gasteiger partial charge in [-0.25, -0.2) is 0 Å². The van der Waals surface area contributed by atoms with Gasteiger partial charge in [-0.1, -0.05) is 5.92 Å². The van der Waals surface area contributed by atoms with E-state index in [1.54, 1.807) is 0 Å². The highest BCUT2D eigenvalue weighted by molar-refractivity contribution is 5.26. The molecule has 1 heterocycles. The summed E-state index contributed by atoms with van der Waals surface area (Å²) in [7, 11) is 0. The zero-order valence-electron chi connectivity index (χ0n) is 5.82. The van der Waals surface area contributed by atoms with Crippen LogP contribution in [-0.4, -0.2) is 16.6 Å². The topological polar surface area (TPSA) is 61.0 Å². The van der Waals surface area contributed by atoms with E-state index in [0.717, 1.165) is 0 Å². The molecule has 4 nitrogen and oxygen atoms in total. The Labute approximate surface area is 64.4 Å². The molecule has 0 atom stereocenters. The van der Waals surface area contributed by atoms with Crippen LogP contribution >= 0.6 is 0 Å². The van der Waals surface area contributed by atoms with Gasteiger partial charge in [0.05, 0.1) is 12.4 Å². The molecule has 0 aliphatic heterocycles. The molecule has 0 amide bonds. The summed E-state index contributed by atoms with van der Waals surface area (Å²) in [6, 6.07) is 0. The zero-order valence-corrected chi connectivity index (χ0v) is 5.82. The third-order valence-corrected chi connectivity index (χ3v) is 0.934. The van der Waals surface area contributed by atoms with Gasteiger partial charge in [-0.2, -0.15) is 4.98 Å². The summed E-state index contributed by atoms with van der Waals surface area (Å²) in [5.41, 5.74) is 5.33. The standard InChI is InChI=1S/C7H7N3O/c1-2-3-11-7-5-9-4-6(8)10-7/h1,4-5H,3H2,(H2,8,10). The van der Waals surface area contributed by atoms with Gasteiger partial charge < -0.3 is 10.5 Å². The average Bonchev–Trinajstić information content (AvgIpc) is 2.01. The highest BCUT2D eigenvalue weighted by Gasteiger charge is 1.93. The number of ether oxygens (including phenoxy) is 1. The van der Waals surface area contributed by atoms with E-state index in [1.165, 1.54) is 12.4 Å². The fourth-order valence-electron chi connectivity index (χ4n) is 0.548. The maximum atomic E-state index is 5.33. The van der Waals surface area contributed by atoms with Gasteiger partial charge >= 0.3 is 0 Å². The summed E-state index contributed by atoms with van der Waals surface area (Å²) in [5, 5.41) is 0. The van der Waals surface area contributed by atoms with E-state index in [2.05, 4.69) is 15.9 Å². The van der Waals surface area contributed by atoms with Crippen LogP contribution in [0, 0.1) is 12.3 Å². The van der Waals surface area contributed by atoms with Crippen LogP contribution in [0.4, 0.5) is 5.82 Å². The number of nitrogen functional groups attached to an aromatic ring is 1.